The third-order valence-electron chi connectivity index (χ3n) is 2.70. The molecule has 0 aliphatic rings. The number of methoxy groups -OCH3 is 1. The fraction of sp³-hybridized carbons (Fsp3) is 0.0714. The quantitative estimate of drug-likeness (QED) is 0.400. The van der Waals surface area contributed by atoms with Gasteiger partial charge in [-0.15, -0.1) is 0 Å². The van der Waals surface area contributed by atoms with Gasteiger partial charge in [0.25, 0.3) is 5.69 Å². The summed E-state index contributed by atoms with van der Waals surface area (Å²) in [6, 6.07) is 13.0. The molecule has 0 amide bonds. The Hall–Kier alpha value is -2.89. The maximum absolute atomic E-state index is 10.6. The highest BCUT2D eigenvalue weighted by atomic mass is 16.6. The van der Waals surface area contributed by atoms with Gasteiger partial charge in [-0.3, -0.25) is 10.1 Å². The Balaban J connectivity index is 2.22. The number of rotatable bonds is 4. The molecule has 0 aromatic heterocycles. The molecule has 0 heterocycles. The topological polar surface area (TPSA) is 90.8 Å². The Labute approximate surface area is 115 Å². The first kappa shape index (κ1) is 13.5. The molecule has 102 valence electrons. The van der Waals surface area contributed by atoms with Crippen molar-refractivity contribution in [1.82, 2.24) is 0 Å². The molecule has 2 N–H and O–H groups in total. The van der Waals surface area contributed by atoms with Crippen LogP contribution in [0, 0.1) is 10.1 Å². The molecule has 0 atom stereocenters. The van der Waals surface area contributed by atoms with E-state index in [0.717, 1.165) is 5.75 Å². The molecule has 2 rings (SSSR count). The SMILES string of the molecule is COc1ccc(N=C(N)c2ccc([N+](=O)[O-])cc2)cc1. The van der Waals surface area contributed by atoms with Gasteiger partial charge >= 0.3 is 0 Å². The van der Waals surface area contributed by atoms with E-state index in [0.29, 0.717) is 17.1 Å². The van der Waals surface area contributed by atoms with Crippen LogP contribution in [0.4, 0.5) is 11.4 Å². The highest BCUT2D eigenvalue weighted by Crippen LogP contribution is 2.19. The average molecular weight is 271 g/mol. The lowest BCUT2D eigenvalue weighted by Crippen LogP contribution is -2.12. The van der Waals surface area contributed by atoms with E-state index in [1.54, 1.807) is 43.5 Å². The number of nitro groups is 1. The Morgan fingerprint density at radius 3 is 2.25 bits per heavy atom. The summed E-state index contributed by atoms with van der Waals surface area (Å²) in [6.45, 7) is 0. The molecule has 0 spiro atoms. The van der Waals surface area contributed by atoms with Crippen LogP contribution in [0.25, 0.3) is 0 Å². The normalized spacial score (nSPS) is 11.2. The second kappa shape index (κ2) is 5.83. The van der Waals surface area contributed by atoms with Crippen molar-refractivity contribution >= 4 is 17.2 Å². The zero-order valence-electron chi connectivity index (χ0n) is 10.8. The molecule has 0 fully saturated rings. The van der Waals surface area contributed by atoms with Crippen molar-refractivity contribution in [2.75, 3.05) is 7.11 Å². The highest BCUT2D eigenvalue weighted by molar-refractivity contribution is 5.99. The zero-order valence-corrected chi connectivity index (χ0v) is 10.8. The van der Waals surface area contributed by atoms with E-state index in [1.807, 2.05) is 0 Å². The van der Waals surface area contributed by atoms with Gasteiger partial charge in [0, 0.05) is 17.7 Å². The minimum Gasteiger partial charge on any atom is -0.497 e. The van der Waals surface area contributed by atoms with Crippen LogP contribution in [-0.4, -0.2) is 17.9 Å². The van der Waals surface area contributed by atoms with Gasteiger partial charge in [0.2, 0.25) is 0 Å². The molecule has 0 aliphatic heterocycles. The number of nitrogens with two attached hydrogens (primary N) is 1. The summed E-state index contributed by atoms with van der Waals surface area (Å²) in [4.78, 5) is 14.4. The van der Waals surface area contributed by atoms with Gasteiger partial charge in [-0.05, 0) is 36.4 Å². The standard InChI is InChI=1S/C14H13N3O3/c1-20-13-8-4-11(5-9-13)16-14(15)10-2-6-12(7-3-10)17(18)19/h2-9H,1H3,(H2,15,16). The maximum Gasteiger partial charge on any atom is 0.269 e. The van der Waals surface area contributed by atoms with E-state index in [4.69, 9.17) is 10.5 Å². The number of non-ortho nitro benzene ring substituents is 1. The third kappa shape index (κ3) is 3.11. The largest absolute Gasteiger partial charge is 0.497 e. The van der Waals surface area contributed by atoms with Crippen LogP contribution < -0.4 is 10.5 Å². The molecule has 0 bridgehead atoms. The minimum atomic E-state index is -0.458. The summed E-state index contributed by atoms with van der Waals surface area (Å²) in [5, 5.41) is 10.6. The van der Waals surface area contributed by atoms with Crippen LogP contribution in [0.5, 0.6) is 5.75 Å². The lowest BCUT2D eigenvalue weighted by Gasteiger charge is -2.02. The number of amidine groups is 1. The number of nitro benzene ring substituents is 1. The predicted molar refractivity (Wildman–Crippen MR) is 76.5 cm³/mol. The van der Waals surface area contributed by atoms with E-state index < -0.39 is 4.92 Å². The number of ether oxygens (including phenoxy) is 1. The molecule has 0 saturated heterocycles. The van der Waals surface area contributed by atoms with Gasteiger partial charge < -0.3 is 10.5 Å². The van der Waals surface area contributed by atoms with Crippen molar-refractivity contribution in [3.63, 3.8) is 0 Å². The molecule has 20 heavy (non-hydrogen) atoms. The van der Waals surface area contributed by atoms with Crippen LogP contribution in [0.2, 0.25) is 0 Å². The molecule has 2 aromatic rings. The summed E-state index contributed by atoms with van der Waals surface area (Å²) < 4.78 is 5.05. The third-order valence-corrected chi connectivity index (χ3v) is 2.70. The first-order chi connectivity index (χ1) is 9.60. The number of nitrogens with zero attached hydrogens (tertiary/aromatic N) is 2. The first-order valence-corrected chi connectivity index (χ1v) is 5.83. The first-order valence-electron chi connectivity index (χ1n) is 5.83. The lowest BCUT2D eigenvalue weighted by atomic mass is 10.2. The van der Waals surface area contributed by atoms with E-state index in [1.165, 1.54) is 12.1 Å². The van der Waals surface area contributed by atoms with Crippen LogP contribution in [0.15, 0.2) is 53.5 Å². The monoisotopic (exact) mass is 271 g/mol. The molecule has 0 radical (unpaired) electrons. The molecule has 2 aromatic carbocycles. The van der Waals surface area contributed by atoms with E-state index in [2.05, 4.69) is 4.99 Å². The fourth-order valence-electron chi connectivity index (χ4n) is 1.61. The van der Waals surface area contributed by atoms with E-state index in [-0.39, 0.29) is 5.69 Å². The summed E-state index contributed by atoms with van der Waals surface area (Å²) in [6.07, 6.45) is 0. The van der Waals surface area contributed by atoms with Crippen LogP contribution in [0.1, 0.15) is 5.56 Å². The van der Waals surface area contributed by atoms with Crippen LogP contribution in [0.3, 0.4) is 0 Å². The Bertz CT molecular complexity index is 634. The van der Waals surface area contributed by atoms with Gasteiger partial charge in [-0.1, -0.05) is 0 Å². The van der Waals surface area contributed by atoms with Gasteiger partial charge in [0.1, 0.15) is 11.6 Å². The number of hydrogen-bond acceptors (Lipinski definition) is 4. The van der Waals surface area contributed by atoms with Gasteiger partial charge in [0.05, 0.1) is 17.7 Å². The summed E-state index contributed by atoms with van der Waals surface area (Å²) >= 11 is 0. The Morgan fingerprint density at radius 2 is 1.75 bits per heavy atom. The zero-order chi connectivity index (χ0) is 14.5. The van der Waals surface area contributed by atoms with Crippen molar-refractivity contribution in [3.05, 3.63) is 64.2 Å². The van der Waals surface area contributed by atoms with Crippen molar-refractivity contribution in [2.45, 2.75) is 0 Å². The minimum absolute atomic E-state index is 0.0194. The smallest absolute Gasteiger partial charge is 0.269 e. The van der Waals surface area contributed by atoms with Crippen molar-refractivity contribution in [1.29, 1.82) is 0 Å². The summed E-state index contributed by atoms with van der Waals surface area (Å²) in [5.74, 6) is 1.03. The second-order valence-electron chi connectivity index (χ2n) is 4.00. The molecule has 0 saturated carbocycles. The van der Waals surface area contributed by atoms with Crippen molar-refractivity contribution < 1.29 is 9.66 Å². The highest BCUT2D eigenvalue weighted by Gasteiger charge is 2.05. The molecule has 0 unspecified atom stereocenters. The van der Waals surface area contributed by atoms with E-state index >= 15 is 0 Å². The summed E-state index contributed by atoms with van der Waals surface area (Å²) in [5.41, 5.74) is 7.21. The molecule has 6 heteroatoms. The predicted octanol–water partition coefficient (Wildman–Crippen LogP) is 2.64. The number of hydrogen-bond donors (Lipinski definition) is 1. The van der Waals surface area contributed by atoms with Crippen molar-refractivity contribution in [3.8, 4) is 5.75 Å². The maximum atomic E-state index is 10.6. The van der Waals surface area contributed by atoms with Gasteiger partial charge in [0.15, 0.2) is 0 Å². The summed E-state index contributed by atoms with van der Waals surface area (Å²) in [7, 11) is 1.59. The number of benzene rings is 2. The lowest BCUT2D eigenvalue weighted by molar-refractivity contribution is -0.384. The molecular weight excluding hydrogens is 258 g/mol. The second-order valence-corrected chi connectivity index (χ2v) is 4.00. The van der Waals surface area contributed by atoms with Gasteiger partial charge in [-0.2, -0.15) is 0 Å². The fourth-order valence-corrected chi connectivity index (χ4v) is 1.61. The Morgan fingerprint density at radius 1 is 1.15 bits per heavy atom. The molecule has 0 aliphatic carbocycles. The molecular formula is C14H13N3O3. The van der Waals surface area contributed by atoms with E-state index in [9.17, 15) is 10.1 Å². The Kier molecular flexibility index (Phi) is 3.95. The average Bonchev–Trinajstić information content (AvgIpc) is 2.48. The van der Waals surface area contributed by atoms with Gasteiger partial charge in [-0.25, -0.2) is 4.99 Å². The van der Waals surface area contributed by atoms with Crippen LogP contribution >= 0.6 is 0 Å². The number of aliphatic imine (C=N–C) groups is 1. The molecule has 6 nitrogen and oxygen atoms in total. The van der Waals surface area contributed by atoms with Crippen molar-refractivity contribution in [2.24, 2.45) is 10.7 Å². The van der Waals surface area contributed by atoms with Crippen LogP contribution in [-0.2, 0) is 0 Å².